The molecule has 90 valence electrons. The molecule has 0 fully saturated rings. The third-order valence-corrected chi connectivity index (χ3v) is 3.11. The van der Waals surface area contributed by atoms with Gasteiger partial charge in [-0.3, -0.25) is 0 Å². The van der Waals surface area contributed by atoms with Gasteiger partial charge in [0.05, 0.1) is 10.9 Å². The van der Waals surface area contributed by atoms with Gasteiger partial charge in [0.25, 0.3) is 0 Å². The molecule has 0 aliphatic rings. The highest BCUT2D eigenvalue weighted by Crippen LogP contribution is 2.29. The first-order valence-corrected chi connectivity index (χ1v) is 6.64. The molecule has 16 heavy (non-hydrogen) atoms. The molecule has 0 aromatic heterocycles. The lowest BCUT2D eigenvalue weighted by atomic mass is 10.2. The van der Waals surface area contributed by atoms with E-state index in [-0.39, 0.29) is 6.10 Å². The Labute approximate surface area is 112 Å². The van der Waals surface area contributed by atoms with Gasteiger partial charge in [0, 0.05) is 5.02 Å². The topological polar surface area (TPSA) is 9.23 Å². The lowest BCUT2D eigenvalue weighted by molar-refractivity contribution is 0.211. The van der Waals surface area contributed by atoms with Crippen molar-refractivity contribution < 1.29 is 4.74 Å². The summed E-state index contributed by atoms with van der Waals surface area (Å²) in [5.41, 5.74) is 0. The molecule has 1 rings (SSSR count). The summed E-state index contributed by atoms with van der Waals surface area (Å²) in [5.74, 6) is 1.12. The Bertz CT molecular complexity index is 328. The van der Waals surface area contributed by atoms with Crippen LogP contribution in [0.25, 0.3) is 0 Å². The van der Waals surface area contributed by atoms with Gasteiger partial charge in [0.15, 0.2) is 0 Å². The summed E-state index contributed by atoms with van der Waals surface area (Å²) in [6.45, 7) is 2.14. The Balaban J connectivity index is 2.62. The maximum atomic E-state index is 6.01. The first-order valence-electron chi connectivity index (χ1n) is 5.35. The van der Waals surface area contributed by atoms with Gasteiger partial charge in [-0.05, 0) is 24.6 Å². The number of ether oxygens (including phenoxy) is 1. The molecule has 0 aliphatic carbocycles. The summed E-state index contributed by atoms with van der Waals surface area (Å²) < 4.78 is 5.73. The fourth-order valence-electron chi connectivity index (χ4n) is 1.35. The summed E-state index contributed by atoms with van der Waals surface area (Å²) in [6, 6.07) is 5.20. The fraction of sp³-hybridized carbons (Fsp3) is 0.500. The summed E-state index contributed by atoms with van der Waals surface area (Å²) in [6.07, 6.45) is 3.19. The van der Waals surface area contributed by atoms with E-state index in [9.17, 15) is 0 Å². The smallest absolute Gasteiger partial charge is 0.138 e. The molecule has 1 aromatic carbocycles. The Morgan fingerprint density at radius 3 is 2.62 bits per heavy atom. The van der Waals surface area contributed by atoms with Crippen LogP contribution in [-0.2, 0) is 0 Å². The van der Waals surface area contributed by atoms with Gasteiger partial charge >= 0.3 is 0 Å². The monoisotopic (exact) mass is 280 g/mol. The molecule has 0 heterocycles. The Morgan fingerprint density at radius 2 is 2.06 bits per heavy atom. The molecule has 0 N–H and O–H groups in total. The predicted molar refractivity (Wildman–Crippen MR) is 71.1 cm³/mol. The lowest BCUT2D eigenvalue weighted by Crippen LogP contribution is -2.18. The second-order valence-electron chi connectivity index (χ2n) is 3.61. The van der Waals surface area contributed by atoms with E-state index in [0.29, 0.717) is 21.7 Å². The Morgan fingerprint density at radius 1 is 1.31 bits per heavy atom. The second kappa shape index (κ2) is 7.26. The minimum Gasteiger partial charge on any atom is -0.488 e. The van der Waals surface area contributed by atoms with E-state index in [0.717, 1.165) is 19.3 Å². The van der Waals surface area contributed by atoms with Crippen LogP contribution in [0.3, 0.4) is 0 Å². The van der Waals surface area contributed by atoms with Gasteiger partial charge in [-0.2, -0.15) is 0 Å². The van der Waals surface area contributed by atoms with Crippen molar-refractivity contribution in [1.29, 1.82) is 0 Å². The molecule has 0 spiro atoms. The molecule has 1 aromatic rings. The first kappa shape index (κ1) is 14.0. The zero-order chi connectivity index (χ0) is 12.0. The second-order valence-corrected chi connectivity index (χ2v) is 4.76. The number of benzene rings is 1. The normalized spacial score (nSPS) is 12.5. The molecule has 1 atom stereocenters. The van der Waals surface area contributed by atoms with Crippen molar-refractivity contribution in [2.75, 3.05) is 5.88 Å². The molecule has 0 saturated carbocycles. The highest BCUT2D eigenvalue weighted by atomic mass is 35.5. The van der Waals surface area contributed by atoms with Crippen LogP contribution in [0.4, 0.5) is 0 Å². The predicted octanol–water partition coefficient (Wildman–Crippen LogP) is 5.17. The van der Waals surface area contributed by atoms with Gasteiger partial charge in [-0.1, -0.05) is 43.0 Å². The number of unbranched alkanes of at least 4 members (excludes halogenated alkanes) is 1. The van der Waals surface area contributed by atoms with E-state index in [1.54, 1.807) is 18.2 Å². The van der Waals surface area contributed by atoms with E-state index in [4.69, 9.17) is 39.5 Å². The van der Waals surface area contributed by atoms with E-state index in [2.05, 4.69) is 6.92 Å². The number of hydrogen-bond donors (Lipinski definition) is 0. The van der Waals surface area contributed by atoms with Crippen molar-refractivity contribution in [1.82, 2.24) is 0 Å². The van der Waals surface area contributed by atoms with Crippen LogP contribution < -0.4 is 4.74 Å². The molecule has 0 saturated heterocycles. The van der Waals surface area contributed by atoms with Gasteiger partial charge in [0.2, 0.25) is 0 Å². The Hall–Kier alpha value is -0.110. The maximum absolute atomic E-state index is 6.01. The quantitative estimate of drug-likeness (QED) is 0.654. The number of rotatable bonds is 6. The lowest BCUT2D eigenvalue weighted by Gasteiger charge is -2.17. The molecule has 1 unspecified atom stereocenters. The minimum absolute atomic E-state index is 0.0142. The third kappa shape index (κ3) is 4.40. The summed E-state index contributed by atoms with van der Waals surface area (Å²) >= 11 is 17.7. The van der Waals surface area contributed by atoms with Crippen molar-refractivity contribution in [2.45, 2.75) is 32.3 Å². The van der Waals surface area contributed by atoms with Gasteiger partial charge < -0.3 is 4.74 Å². The van der Waals surface area contributed by atoms with Crippen LogP contribution >= 0.6 is 34.8 Å². The fourth-order valence-corrected chi connectivity index (χ4v) is 2.02. The summed E-state index contributed by atoms with van der Waals surface area (Å²) in [7, 11) is 0. The van der Waals surface area contributed by atoms with Crippen molar-refractivity contribution >= 4 is 34.8 Å². The third-order valence-electron chi connectivity index (χ3n) is 2.24. The standard InChI is InChI=1S/C12H15Cl3O/c1-2-3-4-10(8-13)16-12-6-5-9(14)7-11(12)15/h5-7,10H,2-4,8H2,1H3. The van der Waals surface area contributed by atoms with Crippen LogP contribution in [0.15, 0.2) is 18.2 Å². The zero-order valence-electron chi connectivity index (χ0n) is 9.18. The van der Waals surface area contributed by atoms with Crippen LogP contribution in [0.5, 0.6) is 5.75 Å². The highest BCUT2D eigenvalue weighted by Gasteiger charge is 2.11. The van der Waals surface area contributed by atoms with E-state index in [1.165, 1.54) is 0 Å². The average molecular weight is 282 g/mol. The molecule has 0 aliphatic heterocycles. The van der Waals surface area contributed by atoms with Crippen LogP contribution in [-0.4, -0.2) is 12.0 Å². The summed E-state index contributed by atoms with van der Waals surface area (Å²) in [5, 5.41) is 1.13. The van der Waals surface area contributed by atoms with Gasteiger partial charge in [0.1, 0.15) is 11.9 Å². The SMILES string of the molecule is CCCCC(CCl)Oc1ccc(Cl)cc1Cl. The van der Waals surface area contributed by atoms with E-state index in [1.807, 2.05) is 0 Å². The minimum atomic E-state index is 0.0142. The van der Waals surface area contributed by atoms with Gasteiger partial charge in [-0.15, -0.1) is 11.6 Å². The number of halogens is 3. The molecule has 0 bridgehead atoms. The van der Waals surface area contributed by atoms with Crippen LogP contribution in [0.2, 0.25) is 10.0 Å². The van der Waals surface area contributed by atoms with Gasteiger partial charge in [-0.25, -0.2) is 0 Å². The van der Waals surface area contributed by atoms with Crippen molar-refractivity contribution in [3.05, 3.63) is 28.2 Å². The molecule has 0 amide bonds. The number of hydrogen-bond acceptors (Lipinski definition) is 1. The molecule has 4 heteroatoms. The van der Waals surface area contributed by atoms with Crippen molar-refractivity contribution in [2.24, 2.45) is 0 Å². The zero-order valence-corrected chi connectivity index (χ0v) is 11.4. The maximum Gasteiger partial charge on any atom is 0.138 e. The molecular weight excluding hydrogens is 266 g/mol. The largest absolute Gasteiger partial charge is 0.488 e. The molecular formula is C12H15Cl3O. The van der Waals surface area contributed by atoms with Crippen LogP contribution in [0, 0.1) is 0 Å². The average Bonchev–Trinajstić information content (AvgIpc) is 2.27. The number of alkyl halides is 1. The summed E-state index contributed by atoms with van der Waals surface area (Å²) in [4.78, 5) is 0. The Kier molecular flexibility index (Phi) is 6.33. The van der Waals surface area contributed by atoms with Crippen LogP contribution in [0.1, 0.15) is 26.2 Å². The van der Waals surface area contributed by atoms with Crippen molar-refractivity contribution in [3.63, 3.8) is 0 Å². The first-order chi connectivity index (χ1) is 7.67. The van der Waals surface area contributed by atoms with Crippen molar-refractivity contribution in [3.8, 4) is 5.75 Å². The van der Waals surface area contributed by atoms with E-state index < -0.39 is 0 Å². The molecule has 1 nitrogen and oxygen atoms in total. The van der Waals surface area contributed by atoms with E-state index >= 15 is 0 Å². The highest BCUT2D eigenvalue weighted by molar-refractivity contribution is 6.35. The molecule has 0 radical (unpaired) electrons.